The van der Waals surface area contributed by atoms with E-state index in [1.165, 1.54) is 16.4 Å². The smallest absolute Gasteiger partial charge is 0.248 e. The van der Waals surface area contributed by atoms with E-state index in [0.29, 0.717) is 42.6 Å². The molecule has 5 rings (SSSR count). The summed E-state index contributed by atoms with van der Waals surface area (Å²) < 4.78 is 34.0. The van der Waals surface area contributed by atoms with Crippen LogP contribution in [0.25, 0.3) is 10.9 Å². The highest BCUT2D eigenvalue weighted by Crippen LogP contribution is 2.47. The Morgan fingerprint density at radius 3 is 2.85 bits per heavy atom. The van der Waals surface area contributed by atoms with Crippen LogP contribution in [0.4, 0.5) is 0 Å². The number of H-pyrrole nitrogens is 1. The summed E-state index contributed by atoms with van der Waals surface area (Å²) in [5.74, 6) is -0.0515. The van der Waals surface area contributed by atoms with Crippen molar-refractivity contribution in [3.63, 3.8) is 0 Å². The molecular formula is C18H19N3O5S. The normalized spacial score (nSPS) is 28.1. The van der Waals surface area contributed by atoms with Crippen molar-refractivity contribution in [2.24, 2.45) is 0 Å². The Morgan fingerprint density at radius 1 is 1.22 bits per heavy atom. The van der Waals surface area contributed by atoms with Gasteiger partial charge in [0.25, 0.3) is 0 Å². The van der Waals surface area contributed by atoms with Crippen molar-refractivity contribution in [1.82, 2.24) is 14.2 Å². The zero-order valence-electron chi connectivity index (χ0n) is 14.8. The van der Waals surface area contributed by atoms with Crippen molar-refractivity contribution in [2.45, 2.75) is 36.4 Å². The third-order valence-electron chi connectivity index (χ3n) is 5.98. The van der Waals surface area contributed by atoms with Crippen LogP contribution in [0.1, 0.15) is 18.4 Å². The maximum atomic E-state index is 13.4. The number of aromatic amines is 1. The molecule has 1 aromatic carbocycles. The first-order chi connectivity index (χ1) is 12.8. The predicted molar refractivity (Wildman–Crippen MR) is 96.6 cm³/mol. The fourth-order valence-corrected chi connectivity index (χ4v) is 6.42. The van der Waals surface area contributed by atoms with Gasteiger partial charge in [0.1, 0.15) is 0 Å². The van der Waals surface area contributed by atoms with Gasteiger partial charge in [-0.3, -0.25) is 9.59 Å². The molecule has 1 amide bonds. The van der Waals surface area contributed by atoms with Crippen LogP contribution in [0.2, 0.25) is 0 Å². The Morgan fingerprint density at radius 2 is 2.04 bits per heavy atom. The number of hydrogen-bond donors (Lipinski definition) is 1. The van der Waals surface area contributed by atoms with Crippen LogP contribution in [0.15, 0.2) is 34.0 Å². The third kappa shape index (κ3) is 2.19. The lowest BCUT2D eigenvalue weighted by Crippen LogP contribution is -2.48. The van der Waals surface area contributed by atoms with Gasteiger partial charge in [-0.05, 0) is 30.7 Å². The molecule has 142 valence electrons. The average Bonchev–Trinajstić information content (AvgIpc) is 3.25. The molecule has 3 fully saturated rings. The molecule has 0 saturated carbocycles. The third-order valence-corrected chi connectivity index (χ3v) is 7.88. The quantitative estimate of drug-likeness (QED) is 0.809. The van der Waals surface area contributed by atoms with E-state index in [2.05, 4.69) is 4.98 Å². The van der Waals surface area contributed by atoms with E-state index in [9.17, 15) is 18.0 Å². The number of benzene rings is 1. The molecule has 27 heavy (non-hydrogen) atoms. The first-order valence-electron chi connectivity index (χ1n) is 8.93. The topological polar surface area (TPSA) is 99.8 Å². The number of rotatable bonds is 2. The monoisotopic (exact) mass is 389 g/mol. The lowest BCUT2D eigenvalue weighted by molar-refractivity contribution is -0.136. The molecule has 3 saturated heterocycles. The molecule has 4 heterocycles. The summed E-state index contributed by atoms with van der Waals surface area (Å²) in [6.07, 6.45) is 0.641. The summed E-state index contributed by atoms with van der Waals surface area (Å²) >= 11 is 0. The van der Waals surface area contributed by atoms with Crippen molar-refractivity contribution >= 4 is 26.8 Å². The molecule has 1 spiro atoms. The minimum absolute atomic E-state index is 0.0515. The Bertz CT molecular complexity index is 1140. The first kappa shape index (κ1) is 16.9. The van der Waals surface area contributed by atoms with E-state index in [0.717, 1.165) is 0 Å². The molecule has 2 aromatic rings. The van der Waals surface area contributed by atoms with Gasteiger partial charge in [-0.1, -0.05) is 0 Å². The molecule has 0 aliphatic carbocycles. The van der Waals surface area contributed by atoms with Crippen LogP contribution >= 0.6 is 0 Å². The van der Waals surface area contributed by atoms with E-state index in [4.69, 9.17) is 4.74 Å². The van der Waals surface area contributed by atoms with Crippen LogP contribution in [-0.4, -0.2) is 60.0 Å². The summed E-state index contributed by atoms with van der Waals surface area (Å²) in [5, 5.41) is 0.686. The summed E-state index contributed by atoms with van der Waals surface area (Å²) in [6, 6.07) is 5.65. The van der Waals surface area contributed by atoms with Gasteiger partial charge in [0.2, 0.25) is 21.5 Å². The van der Waals surface area contributed by atoms with Crippen LogP contribution in [0, 0.1) is 6.92 Å². The van der Waals surface area contributed by atoms with Crippen LogP contribution in [0.3, 0.4) is 0 Å². The van der Waals surface area contributed by atoms with Crippen molar-refractivity contribution in [3.8, 4) is 0 Å². The van der Waals surface area contributed by atoms with E-state index in [1.54, 1.807) is 24.0 Å². The minimum atomic E-state index is -3.80. The van der Waals surface area contributed by atoms with Gasteiger partial charge < -0.3 is 14.6 Å². The number of carbonyl (C=O) groups is 1. The van der Waals surface area contributed by atoms with Crippen molar-refractivity contribution in [3.05, 3.63) is 40.2 Å². The van der Waals surface area contributed by atoms with Crippen LogP contribution in [0.5, 0.6) is 0 Å². The van der Waals surface area contributed by atoms with Gasteiger partial charge in [0.15, 0.2) is 5.72 Å². The summed E-state index contributed by atoms with van der Waals surface area (Å²) in [4.78, 5) is 28.5. The number of sulfonamides is 1. The second kappa shape index (κ2) is 5.40. The number of aromatic nitrogens is 1. The highest BCUT2D eigenvalue weighted by atomic mass is 32.2. The van der Waals surface area contributed by atoms with Gasteiger partial charge in [-0.25, -0.2) is 8.42 Å². The predicted octanol–water partition coefficient (Wildman–Crippen LogP) is 0.558. The Labute approximate surface area is 155 Å². The lowest BCUT2D eigenvalue weighted by Gasteiger charge is -2.31. The Hall–Kier alpha value is -2.23. The zero-order chi connectivity index (χ0) is 19.0. The number of carbonyl (C=O) groups excluding carboxylic acids is 1. The number of aryl methyl sites for hydroxylation is 1. The number of pyridine rings is 1. The number of ether oxygens (including phenoxy) is 1. The molecule has 0 unspecified atom stereocenters. The molecule has 0 radical (unpaired) electrons. The molecule has 1 aromatic heterocycles. The zero-order valence-corrected chi connectivity index (χ0v) is 15.6. The second-order valence-electron chi connectivity index (χ2n) is 7.35. The fourth-order valence-electron chi connectivity index (χ4n) is 4.74. The lowest BCUT2D eigenvalue weighted by atomic mass is 10.1. The molecule has 1 N–H and O–H groups in total. The maximum Gasteiger partial charge on any atom is 0.248 e. The standard InChI is InChI=1S/C18H19N3O5S/c1-11-8-16(22)19-14-3-2-12(9-13(11)14)27(24,25)21-5-4-18-15(21)10-17(23)20(18)6-7-26-18/h2-3,8-9,15H,4-7,10H2,1H3,(H,19,22)/t15-,18+/m1/s1. The highest BCUT2D eigenvalue weighted by molar-refractivity contribution is 7.89. The number of nitrogens with zero attached hydrogens (tertiary/aromatic N) is 2. The van der Waals surface area contributed by atoms with E-state index >= 15 is 0 Å². The molecule has 9 heteroatoms. The van der Waals surface area contributed by atoms with E-state index in [-0.39, 0.29) is 22.8 Å². The summed E-state index contributed by atoms with van der Waals surface area (Å²) in [5.41, 5.74) is 0.283. The summed E-state index contributed by atoms with van der Waals surface area (Å²) in [7, 11) is -3.80. The number of amides is 1. The van der Waals surface area contributed by atoms with Crippen LogP contribution in [-0.2, 0) is 19.6 Å². The molecule has 3 aliphatic rings. The highest BCUT2D eigenvalue weighted by Gasteiger charge is 2.64. The molecular weight excluding hydrogens is 370 g/mol. The largest absolute Gasteiger partial charge is 0.352 e. The van der Waals surface area contributed by atoms with Gasteiger partial charge in [-0.15, -0.1) is 0 Å². The van der Waals surface area contributed by atoms with E-state index in [1.807, 2.05) is 0 Å². The fraction of sp³-hybridized carbons (Fsp3) is 0.444. The molecule has 2 atom stereocenters. The summed E-state index contributed by atoms with van der Waals surface area (Å²) in [6.45, 7) is 3.06. The van der Waals surface area contributed by atoms with Crippen LogP contribution < -0.4 is 5.56 Å². The van der Waals surface area contributed by atoms with Gasteiger partial charge in [0, 0.05) is 42.9 Å². The van der Waals surface area contributed by atoms with E-state index < -0.39 is 21.8 Å². The minimum Gasteiger partial charge on any atom is -0.352 e. The van der Waals surface area contributed by atoms with Gasteiger partial charge >= 0.3 is 0 Å². The SMILES string of the molecule is Cc1cc(=O)[nH]c2ccc(S(=O)(=O)N3CC[C@@]45OCCN4C(=O)C[C@@H]35)cc12. The van der Waals surface area contributed by atoms with Crippen molar-refractivity contribution < 1.29 is 17.9 Å². The number of nitrogens with one attached hydrogen (secondary N) is 1. The molecule has 3 aliphatic heterocycles. The molecule has 0 bridgehead atoms. The second-order valence-corrected chi connectivity index (χ2v) is 9.24. The average molecular weight is 389 g/mol. The van der Waals surface area contributed by atoms with Crippen molar-refractivity contribution in [2.75, 3.05) is 19.7 Å². The number of hydrogen-bond acceptors (Lipinski definition) is 5. The number of fused-ring (bicyclic) bond motifs is 1. The van der Waals surface area contributed by atoms with Gasteiger partial charge in [-0.2, -0.15) is 4.31 Å². The maximum absolute atomic E-state index is 13.4. The first-order valence-corrected chi connectivity index (χ1v) is 10.4. The Kier molecular flexibility index (Phi) is 3.38. The van der Waals surface area contributed by atoms with Gasteiger partial charge in [0.05, 0.1) is 17.5 Å². The Balaban J connectivity index is 1.59. The molecule has 8 nitrogen and oxygen atoms in total. The van der Waals surface area contributed by atoms with Crippen molar-refractivity contribution in [1.29, 1.82) is 0 Å².